The molecule has 0 atom stereocenters. The predicted octanol–water partition coefficient (Wildman–Crippen LogP) is 2.99. The maximum atomic E-state index is 13.1. The molecule has 0 fully saturated rings. The molecule has 98 valence electrons. The lowest BCUT2D eigenvalue weighted by molar-refractivity contribution is 0.0598. The van der Waals surface area contributed by atoms with E-state index in [1.54, 1.807) is 18.2 Å². The number of para-hydroxylation sites is 1. The molecule has 2 rings (SSSR count). The zero-order chi connectivity index (χ0) is 13.8. The third kappa shape index (κ3) is 2.82. The molecule has 0 aliphatic heterocycles. The second-order valence-electron chi connectivity index (χ2n) is 3.77. The number of hydrogen-bond acceptors (Lipinski definition) is 4. The monoisotopic (exact) mass is 261 g/mol. The molecule has 2 aromatic rings. The van der Waals surface area contributed by atoms with Crippen molar-refractivity contribution in [2.24, 2.45) is 0 Å². The van der Waals surface area contributed by atoms with Crippen molar-refractivity contribution in [2.45, 2.75) is 0 Å². The highest BCUT2D eigenvalue weighted by Gasteiger charge is 2.16. The van der Waals surface area contributed by atoms with Gasteiger partial charge in [0, 0.05) is 6.07 Å². The Balaban J connectivity index is 2.41. The first-order valence-corrected chi connectivity index (χ1v) is 5.52. The fraction of sp³-hybridized carbons (Fsp3) is 0.0714. The molecule has 0 amide bonds. The first-order chi connectivity index (χ1) is 9.11. The Labute approximate surface area is 109 Å². The van der Waals surface area contributed by atoms with Crippen LogP contribution in [0.25, 0.3) is 0 Å². The minimum absolute atomic E-state index is 0.153. The summed E-state index contributed by atoms with van der Waals surface area (Å²) in [7, 11) is 1.26. The molecule has 0 heterocycles. The van der Waals surface area contributed by atoms with Crippen LogP contribution in [0, 0.1) is 5.82 Å². The molecule has 0 aromatic heterocycles. The minimum Gasteiger partial charge on any atom is -0.465 e. The Hall–Kier alpha value is -2.56. The van der Waals surface area contributed by atoms with E-state index in [1.807, 2.05) is 0 Å². The van der Waals surface area contributed by atoms with E-state index in [1.165, 1.54) is 31.4 Å². The lowest BCUT2D eigenvalue weighted by Crippen LogP contribution is -2.05. The van der Waals surface area contributed by atoms with Gasteiger partial charge in [0.2, 0.25) is 0 Å². The fourth-order valence-electron chi connectivity index (χ4n) is 1.59. The van der Waals surface area contributed by atoms with Gasteiger partial charge in [0.05, 0.1) is 12.8 Å². The summed E-state index contributed by atoms with van der Waals surface area (Å²) in [5, 5.41) is 0. The SMILES string of the molecule is COC(=O)c1cccc(N)c1Oc1cccc(F)c1. The third-order valence-corrected chi connectivity index (χ3v) is 2.47. The van der Waals surface area contributed by atoms with Crippen molar-refractivity contribution in [3.63, 3.8) is 0 Å². The Morgan fingerprint density at radius 2 is 1.95 bits per heavy atom. The number of halogens is 1. The zero-order valence-corrected chi connectivity index (χ0v) is 10.2. The smallest absolute Gasteiger partial charge is 0.341 e. The normalized spacial score (nSPS) is 10.0. The summed E-state index contributed by atoms with van der Waals surface area (Å²) in [5.41, 5.74) is 6.23. The predicted molar refractivity (Wildman–Crippen MR) is 68.7 cm³/mol. The number of hydrogen-bond donors (Lipinski definition) is 1. The van der Waals surface area contributed by atoms with Gasteiger partial charge in [-0.2, -0.15) is 0 Å². The first kappa shape index (κ1) is 12.9. The van der Waals surface area contributed by atoms with Gasteiger partial charge in [0.1, 0.15) is 17.1 Å². The van der Waals surface area contributed by atoms with Crippen LogP contribution in [0.1, 0.15) is 10.4 Å². The number of nitrogen functional groups attached to an aromatic ring is 1. The standard InChI is InChI=1S/C14H12FNO3/c1-18-14(17)11-6-3-7-12(16)13(11)19-10-5-2-4-9(15)8-10/h2-8H,16H2,1H3. The fourth-order valence-corrected chi connectivity index (χ4v) is 1.59. The lowest BCUT2D eigenvalue weighted by atomic mass is 10.1. The largest absolute Gasteiger partial charge is 0.465 e. The van der Waals surface area contributed by atoms with Crippen LogP contribution >= 0.6 is 0 Å². The van der Waals surface area contributed by atoms with E-state index in [9.17, 15) is 9.18 Å². The van der Waals surface area contributed by atoms with Crippen molar-refractivity contribution in [1.29, 1.82) is 0 Å². The summed E-state index contributed by atoms with van der Waals surface area (Å²) < 4.78 is 23.2. The van der Waals surface area contributed by atoms with Gasteiger partial charge in [-0.15, -0.1) is 0 Å². The van der Waals surface area contributed by atoms with Crippen LogP contribution in [0.5, 0.6) is 11.5 Å². The summed E-state index contributed by atoms with van der Waals surface area (Å²) in [6.45, 7) is 0. The van der Waals surface area contributed by atoms with Gasteiger partial charge in [-0.1, -0.05) is 12.1 Å². The van der Waals surface area contributed by atoms with E-state index in [0.717, 1.165) is 0 Å². The van der Waals surface area contributed by atoms with Gasteiger partial charge >= 0.3 is 5.97 Å². The quantitative estimate of drug-likeness (QED) is 0.681. The Morgan fingerprint density at radius 1 is 1.21 bits per heavy atom. The van der Waals surface area contributed by atoms with Gasteiger partial charge in [0.25, 0.3) is 0 Å². The van der Waals surface area contributed by atoms with Crippen molar-refractivity contribution >= 4 is 11.7 Å². The van der Waals surface area contributed by atoms with Crippen LogP contribution in [0.2, 0.25) is 0 Å². The van der Waals surface area contributed by atoms with Gasteiger partial charge < -0.3 is 15.2 Å². The van der Waals surface area contributed by atoms with E-state index >= 15 is 0 Å². The third-order valence-electron chi connectivity index (χ3n) is 2.47. The highest BCUT2D eigenvalue weighted by molar-refractivity contribution is 5.94. The maximum absolute atomic E-state index is 13.1. The number of benzene rings is 2. The van der Waals surface area contributed by atoms with Crippen molar-refractivity contribution in [1.82, 2.24) is 0 Å². The molecule has 4 nitrogen and oxygen atoms in total. The average molecular weight is 261 g/mol. The van der Waals surface area contributed by atoms with Crippen LogP contribution in [0.3, 0.4) is 0 Å². The molecule has 0 saturated carbocycles. The van der Waals surface area contributed by atoms with Crippen LogP contribution < -0.4 is 10.5 Å². The highest BCUT2D eigenvalue weighted by atomic mass is 19.1. The number of esters is 1. The molecule has 0 saturated heterocycles. The Kier molecular flexibility index (Phi) is 3.66. The summed E-state index contributed by atoms with van der Waals surface area (Å²) >= 11 is 0. The van der Waals surface area contributed by atoms with E-state index in [2.05, 4.69) is 4.74 Å². The lowest BCUT2D eigenvalue weighted by Gasteiger charge is -2.12. The maximum Gasteiger partial charge on any atom is 0.341 e. The summed E-state index contributed by atoms with van der Waals surface area (Å²) in [6, 6.07) is 10.3. The summed E-state index contributed by atoms with van der Waals surface area (Å²) in [4.78, 5) is 11.6. The Morgan fingerprint density at radius 3 is 2.63 bits per heavy atom. The summed E-state index contributed by atoms with van der Waals surface area (Å²) in [6.07, 6.45) is 0. The van der Waals surface area contributed by atoms with Crippen molar-refractivity contribution in [3.8, 4) is 11.5 Å². The minimum atomic E-state index is -0.571. The number of carbonyl (C=O) groups is 1. The number of rotatable bonds is 3. The molecule has 2 N–H and O–H groups in total. The first-order valence-electron chi connectivity index (χ1n) is 5.52. The molecule has 5 heteroatoms. The number of anilines is 1. The average Bonchev–Trinajstić information content (AvgIpc) is 2.40. The molecule has 0 radical (unpaired) electrons. The van der Waals surface area contributed by atoms with Gasteiger partial charge in [-0.25, -0.2) is 9.18 Å². The molecular formula is C14H12FNO3. The van der Waals surface area contributed by atoms with E-state index in [-0.39, 0.29) is 22.7 Å². The zero-order valence-electron chi connectivity index (χ0n) is 10.2. The number of methoxy groups -OCH3 is 1. The summed E-state index contributed by atoms with van der Waals surface area (Å²) in [5.74, 6) is -0.603. The second kappa shape index (κ2) is 5.39. The van der Waals surface area contributed by atoms with Crippen LogP contribution in [0.4, 0.5) is 10.1 Å². The molecule has 0 unspecified atom stereocenters. The van der Waals surface area contributed by atoms with Gasteiger partial charge in [0.15, 0.2) is 5.75 Å². The van der Waals surface area contributed by atoms with Gasteiger partial charge in [-0.05, 0) is 24.3 Å². The van der Waals surface area contributed by atoms with Crippen molar-refractivity contribution in [2.75, 3.05) is 12.8 Å². The van der Waals surface area contributed by atoms with E-state index in [4.69, 9.17) is 10.5 Å². The topological polar surface area (TPSA) is 61.5 Å². The molecule has 0 aliphatic rings. The molecule has 0 spiro atoms. The van der Waals surface area contributed by atoms with Crippen LogP contribution in [0.15, 0.2) is 42.5 Å². The number of ether oxygens (including phenoxy) is 2. The molecule has 19 heavy (non-hydrogen) atoms. The van der Waals surface area contributed by atoms with Crippen molar-refractivity contribution < 1.29 is 18.7 Å². The van der Waals surface area contributed by atoms with Crippen LogP contribution in [-0.4, -0.2) is 13.1 Å². The van der Waals surface area contributed by atoms with Crippen molar-refractivity contribution in [3.05, 3.63) is 53.8 Å². The van der Waals surface area contributed by atoms with Crippen LogP contribution in [-0.2, 0) is 4.74 Å². The molecule has 2 aromatic carbocycles. The molecular weight excluding hydrogens is 249 g/mol. The number of nitrogens with two attached hydrogens (primary N) is 1. The van der Waals surface area contributed by atoms with E-state index in [0.29, 0.717) is 0 Å². The Bertz CT molecular complexity index is 613. The molecule has 0 aliphatic carbocycles. The highest BCUT2D eigenvalue weighted by Crippen LogP contribution is 2.31. The van der Waals surface area contributed by atoms with E-state index < -0.39 is 11.8 Å². The molecule has 0 bridgehead atoms. The number of carbonyl (C=O) groups excluding carboxylic acids is 1. The van der Waals surface area contributed by atoms with Gasteiger partial charge in [-0.3, -0.25) is 0 Å². The second-order valence-corrected chi connectivity index (χ2v) is 3.77.